The van der Waals surface area contributed by atoms with E-state index in [1.54, 1.807) is 6.20 Å². The van der Waals surface area contributed by atoms with Crippen molar-refractivity contribution in [3.8, 4) is 0 Å². The average molecular weight is 216 g/mol. The number of nitrogens with zero attached hydrogens (tertiary/aromatic N) is 2. The lowest BCUT2D eigenvalue weighted by molar-refractivity contribution is 0.0870. The third kappa shape index (κ3) is 4.39. The molecule has 4 nitrogen and oxygen atoms in total. The van der Waals surface area contributed by atoms with Gasteiger partial charge >= 0.3 is 0 Å². The Kier molecular flexibility index (Phi) is 4.62. The summed E-state index contributed by atoms with van der Waals surface area (Å²) >= 11 is 5.66. The molecule has 0 atom stereocenters. The fourth-order valence-electron chi connectivity index (χ4n) is 0.901. The van der Waals surface area contributed by atoms with Crippen LogP contribution in [-0.4, -0.2) is 29.2 Å². The highest BCUT2D eigenvalue weighted by molar-refractivity contribution is 6.29. The minimum Gasteiger partial charge on any atom is -0.377 e. The molecule has 1 aromatic heterocycles. The number of rotatable bonds is 5. The number of hydrogen-bond acceptors (Lipinski definition) is 4. The Labute approximate surface area is 88.7 Å². The second kappa shape index (κ2) is 5.78. The molecular weight excluding hydrogens is 202 g/mol. The average Bonchev–Trinajstić information content (AvgIpc) is 2.12. The molecule has 0 radical (unpaired) electrons. The van der Waals surface area contributed by atoms with Crippen molar-refractivity contribution in [3.05, 3.63) is 17.5 Å². The Hall–Kier alpha value is -0.870. The first kappa shape index (κ1) is 11.2. The molecule has 0 aliphatic rings. The zero-order valence-corrected chi connectivity index (χ0v) is 9.08. The molecule has 1 aromatic rings. The number of halogens is 1. The lowest BCUT2D eigenvalue weighted by Crippen LogP contribution is -2.13. The molecule has 0 aliphatic carbocycles. The lowest BCUT2D eigenvalue weighted by Gasteiger charge is -2.08. The summed E-state index contributed by atoms with van der Waals surface area (Å²) in [5.41, 5.74) is 0. The van der Waals surface area contributed by atoms with Crippen molar-refractivity contribution >= 4 is 17.4 Å². The summed E-state index contributed by atoms with van der Waals surface area (Å²) in [5, 5.41) is 3.45. The molecule has 5 heteroatoms. The van der Waals surface area contributed by atoms with Crippen LogP contribution in [0.4, 0.5) is 5.82 Å². The van der Waals surface area contributed by atoms with E-state index in [0.29, 0.717) is 24.1 Å². The molecular formula is C9H14ClN3O. The highest BCUT2D eigenvalue weighted by Crippen LogP contribution is 2.05. The van der Waals surface area contributed by atoms with Gasteiger partial charge in [0.05, 0.1) is 25.1 Å². The molecule has 1 heterocycles. The second-order valence-corrected chi connectivity index (χ2v) is 3.46. The van der Waals surface area contributed by atoms with E-state index >= 15 is 0 Å². The highest BCUT2D eigenvalue weighted by Gasteiger charge is 1.96. The quantitative estimate of drug-likeness (QED) is 0.763. The van der Waals surface area contributed by atoms with Crippen LogP contribution < -0.4 is 5.32 Å². The van der Waals surface area contributed by atoms with Gasteiger partial charge in [-0.15, -0.1) is 0 Å². The summed E-state index contributed by atoms with van der Waals surface area (Å²) in [6.45, 7) is 5.34. The molecule has 14 heavy (non-hydrogen) atoms. The van der Waals surface area contributed by atoms with Crippen molar-refractivity contribution in [2.45, 2.75) is 20.0 Å². The van der Waals surface area contributed by atoms with Gasteiger partial charge in [0.1, 0.15) is 11.0 Å². The van der Waals surface area contributed by atoms with Crippen LogP contribution in [0.1, 0.15) is 13.8 Å². The van der Waals surface area contributed by atoms with E-state index in [-0.39, 0.29) is 6.10 Å². The predicted octanol–water partition coefficient (Wildman–Crippen LogP) is 1.97. The summed E-state index contributed by atoms with van der Waals surface area (Å²) in [4.78, 5) is 7.93. The van der Waals surface area contributed by atoms with Gasteiger partial charge in [0.25, 0.3) is 0 Å². The molecule has 1 N–H and O–H groups in total. The topological polar surface area (TPSA) is 47.0 Å². The maximum Gasteiger partial charge on any atom is 0.149 e. The Morgan fingerprint density at radius 2 is 2.29 bits per heavy atom. The Balaban J connectivity index is 2.25. The molecule has 0 saturated heterocycles. The van der Waals surface area contributed by atoms with Crippen LogP contribution in [0.15, 0.2) is 12.4 Å². The minimum absolute atomic E-state index is 0.252. The largest absolute Gasteiger partial charge is 0.377 e. The summed E-state index contributed by atoms with van der Waals surface area (Å²) in [6, 6.07) is 0. The number of anilines is 1. The second-order valence-electron chi connectivity index (χ2n) is 3.07. The van der Waals surface area contributed by atoms with Crippen LogP contribution in [0.3, 0.4) is 0 Å². The first-order chi connectivity index (χ1) is 6.68. The molecule has 0 unspecified atom stereocenters. The first-order valence-electron chi connectivity index (χ1n) is 4.51. The Morgan fingerprint density at radius 1 is 1.50 bits per heavy atom. The van der Waals surface area contributed by atoms with Crippen molar-refractivity contribution < 1.29 is 4.74 Å². The number of aromatic nitrogens is 2. The zero-order valence-electron chi connectivity index (χ0n) is 8.33. The molecule has 0 amide bonds. The van der Waals surface area contributed by atoms with Crippen molar-refractivity contribution in [3.63, 3.8) is 0 Å². The van der Waals surface area contributed by atoms with E-state index in [4.69, 9.17) is 16.3 Å². The molecule has 0 fully saturated rings. The van der Waals surface area contributed by atoms with Crippen LogP contribution >= 0.6 is 11.6 Å². The molecule has 0 bridgehead atoms. The highest BCUT2D eigenvalue weighted by atomic mass is 35.5. The van der Waals surface area contributed by atoms with Gasteiger partial charge in [0.15, 0.2) is 0 Å². The molecule has 0 aromatic carbocycles. The third-order valence-corrected chi connectivity index (χ3v) is 1.65. The lowest BCUT2D eigenvalue weighted by atomic mass is 10.5. The Bertz CT molecular complexity index is 281. The van der Waals surface area contributed by atoms with Gasteiger partial charge in [0, 0.05) is 6.54 Å². The monoisotopic (exact) mass is 215 g/mol. The fraction of sp³-hybridized carbons (Fsp3) is 0.556. The van der Waals surface area contributed by atoms with Crippen LogP contribution in [0.25, 0.3) is 0 Å². The van der Waals surface area contributed by atoms with Crippen molar-refractivity contribution in [1.82, 2.24) is 9.97 Å². The predicted molar refractivity (Wildman–Crippen MR) is 56.6 cm³/mol. The summed E-state index contributed by atoms with van der Waals surface area (Å²) in [5.74, 6) is 0.671. The van der Waals surface area contributed by atoms with Gasteiger partial charge in [-0.1, -0.05) is 11.6 Å². The van der Waals surface area contributed by atoms with E-state index in [9.17, 15) is 0 Å². The number of hydrogen-bond donors (Lipinski definition) is 1. The van der Waals surface area contributed by atoms with Gasteiger partial charge in [-0.2, -0.15) is 0 Å². The van der Waals surface area contributed by atoms with Crippen molar-refractivity contribution in [1.29, 1.82) is 0 Å². The van der Waals surface area contributed by atoms with Gasteiger partial charge in [-0.25, -0.2) is 4.98 Å². The first-order valence-corrected chi connectivity index (χ1v) is 4.89. The number of nitrogens with one attached hydrogen (secondary N) is 1. The molecule has 0 spiro atoms. The van der Waals surface area contributed by atoms with Crippen LogP contribution in [-0.2, 0) is 4.74 Å². The van der Waals surface area contributed by atoms with E-state index in [1.165, 1.54) is 6.20 Å². The SMILES string of the molecule is CC(C)OCCNc1cncc(Cl)n1. The van der Waals surface area contributed by atoms with Crippen molar-refractivity contribution in [2.24, 2.45) is 0 Å². The fourth-order valence-corrected chi connectivity index (χ4v) is 1.05. The standard InChI is InChI=1S/C9H14ClN3O/c1-7(2)14-4-3-12-9-6-11-5-8(10)13-9/h5-7H,3-4H2,1-2H3,(H,12,13). The van der Waals surface area contributed by atoms with E-state index < -0.39 is 0 Å². The smallest absolute Gasteiger partial charge is 0.149 e. The molecule has 1 rings (SSSR count). The van der Waals surface area contributed by atoms with Gasteiger partial charge in [-0.3, -0.25) is 4.98 Å². The molecule has 78 valence electrons. The third-order valence-electron chi connectivity index (χ3n) is 1.46. The maximum atomic E-state index is 5.66. The van der Waals surface area contributed by atoms with Gasteiger partial charge < -0.3 is 10.1 Å². The normalized spacial score (nSPS) is 10.6. The van der Waals surface area contributed by atoms with E-state index in [2.05, 4.69) is 15.3 Å². The van der Waals surface area contributed by atoms with Crippen LogP contribution in [0.5, 0.6) is 0 Å². The van der Waals surface area contributed by atoms with Gasteiger partial charge in [0.2, 0.25) is 0 Å². The summed E-state index contributed by atoms with van der Waals surface area (Å²) < 4.78 is 5.35. The van der Waals surface area contributed by atoms with Crippen LogP contribution in [0, 0.1) is 0 Å². The van der Waals surface area contributed by atoms with E-state index in [1.807, 2.05) is 13.8 Å². The summed E-state index contributed by atoms with van der Waals surface area (Å²) in [6.07, 6.45) is 3.38. The maximum absolute atomic E-state index is 5.66. The zero-order chi connectivity index (χ0) is 10.4. The summed E-state index contributed by atoms with van der Waals surface area (Å²) in [7, 11) is 0. The Morgan fingerprint density at radius 3 is 2.93 bits per heavy atom. The minimum atomic E-state index is 0.252. The number of ether oxygens (including phenoxy) is 1. The van der Waals surface area contributed by atoms with Gasteiger partial charge in [-0.05, 0) is 13.8 Å². The van der Waals surface area contributed by atoms with Crippen molar-refractivity contribution in [2.75, 3.05) is 18.5 Å². The molecule has 0 aliphatic heterocycles. The van der Waals surface area contributed by atoms with E-state index in [0.717, 1.165) is 0 Å². The van der Waals surface area contributed by atoms with Crippen LogP contribution in [0.2, 0.25) is 5.15 Å². The molecule has 0 saturated carbocycles.